The molecule has 0 fully saturated rings. The zero-order valence-electron chi connectivity index (χ0n) is 16.3. The molecule has 0 atom stereocenters. The molecule has 0 aliphatic heterocycles. The number of hydrogen-bond acceptors (Lipinski definition) is 2. The van der Waals surface area contributed by atoms with E-state index < -0.39 is 0 Å². The summed E-state index contributed by atoms with van der Waals surface area (Å²) >= 11 is 0. The van der Waals surface area contributed by atoms with Crippen LogP contribution in [0.25, 0.3) is 11.4 Å². The lowest BCUT2D eigenvalue weighted by molar-refractivity contribution is 0.389. The van der Waals surface area contributed by atoms with Crippen LogP contribution in [0.2, 0.25) is 0 Å². The first-order valence-electron chi connectivity index (χ1n) is 8.74. The normalized spacial score (nSPS) is 10.4. The molecule has 2 heteroatoms. The van der Waals surface area contributed by atoms with Crippen LogP contribution in [0.1, 0.15) is 27.8 Å². The second-order valence-electron chi connectivity index (χ2n) is 6.91. The molecule has 0 unspecified atom stereocenters. The van der Waals surface area contributed by atoms with Crippen molar-refractivity contribution in [1.29, 1.82) is 0 Å². The molecule has 0 radical (unpaired) electrons. The molecule has 0 bridgehead atoms. The highest BCUT2D eigenvalue weighted by Crippen LogP contribution is 2.20. The fourth-order valence-corrected chi connectivity index (χ4v) is 2.76. The third-order valence-electron chi connectivity index (χ3n) is 4.88. The molecule has 0 spiro atoms. The number of benzene rings is 2. The van der Waals surface area contributed by atoms with E-state index in [2.05, 4.69) is 100 Å². The maximum Gasteiger partial charge on any atom is 0.0364 e. The molecule has 2 aromatic rings. The van der Waals surface area contributed by atoms with Crippen molar-refractivity contribution in [2.75, 3.05) is 27.2 Å². The average molecular weight is 335 g/mol. The van der Waals surface area contributed by atoms with Gasteiger partial charge in [0.25, 0.3) is 0 Å². The van der Waals surface area contributed by atoms with Gasteiger partial charge in [-0.05, 0) is 55.2 Å². The molecule has 0 aliphatic rings. The number of nitrogens with zero attached hydrogens (tertiary/aromatic N) is 2. The van der Waals surface area contributed by atoms with Gasteiger partial charge in [0.1, 0.15) is 0 Å². The Morgan fingerprint density at radius 2 is 1.32 bits per heavy atom. The maximum absolute atomic E-state index is 4.27. The maximum atomic E-state index is 4.27. The van der Waals surface area contributed by atoms with Crippen molar-refractivity contribution in [3.8, 4) is 0 Å². The summed E-state index contributed by atoms with van der Waals surface area (Å²) in [5.74, 6) is 0. The van der Waals surface area contributed by atoms with Gasteiger partial charge in [0.05, 0.1) is 0 Å². The van der Waals surface area contributed by atoms with Crippen LogP contribution in [0.15, 0.2) is 55.6 Å². The van der Waals surface area contributed by atoms with Gasteiger partial charge in [-0.2, -0.15) is 0 Å². The second-order valence-corrected chi connectivity index (χ2v) is 6.91. The quantitative estimate of drug-likeness (QED) is 0.693. The lowest BCUT2D eigenvalue weighted by Crippen LogP contribution is -2.28. The van der Waals surface area contributed by atoms with Crippen LogP contribution < -0.4 is 0 Å². The van der Waals surface area contributed by atoms with E-state index in [9.17, 15) is 0 Å². The molecule has 2 rings (SSSR count). The van der Waals surface area contributed by atoms with Crippen LogP contribution in [0.5, 0.6) is 0 Å². The molecule has 0 saturated carbocycles. The largest absolute Gasteiger partial charge is 0.373 e. The molecule has 0 aliphatic carbocycles. The summed E-state index contributed by atoms with van der Waals surface area (Å²) in [7, 11) is 4.19. The Morgan fingerprint density at radius 3 is 1.84 bits per heavy atom. The molecule has 0 saturated heterocycles. The van der Waals surface area contributed by atoms with Crippen LogP contribution in [0, 0.1) is 20.8 Å². The predicted octanol–water partition coefficient (Wildman–Crippen LogP) is 5.12. The van der Waals surface area contributed by atoms with E-state index in [4.69, 9.17) is 0 Å². The fraction of sp³-hybridized carbons (Fsp3) is 0.304. The molecule has 0 N–H and O–H groups in total. The van der Waals surface area contributed by atoms with Crippen molar-refractivity contribution in [3.63, 3.8) is 0 Å². The number of aryl methyl sites for hydroxylation is 3. The van der Waals surface area contributed by atoms with Gasteiger partial charge in [-0.15, -0.1) is 0 Å². The van der Waals surface area contributed by atoms with Gasteiger partial charge >= 0.3 is 0 Å². The van der Waals surface area contributed by atoms with Crippen LogP contribution in [0.3, 0.4) is 0 Å². The molecule has 132 valence electrons. The highest BCUT2D eigenvalue weighted by Gasteiger charge is 2.09. The zero-order valence-corrected chi connectivity index (χ0v) is 16.3. The molecular formula is C23H30N2. The van der Waals surface area contributed by atoms with E-state index in [1.807, 2.05) is 0 Å². The van der Waals surface area contributed by atoms with Crippen LogP contribution >= 0.6 is 0 Å². The van der Waals surface area contributed by atoms with Crippen molar-refractivity contribution in [1.82, 2.24) is 9.80 Å². The van der Waals surface area contributed by atoms with Crippen LogP contribution in [-0.4, -0.2) is 37.0 Å². The van der Waals surface area contributed by atoms with Crippen molar-refractivity contribution in [3.05, 3.63) is 83.4 Å². The highest BCUT2D eigenvalue weighted by atomic mass is 15.2. The van der Waals surface area contributed by atoms with E-state index in [1.165, 1.54) is 27.8 Å². The third kappa shape index (κ3) is 4.76. The van der Waals surface area contributed by atoms with Gasteiger partial charge in [-0.25, -0.2) is 0 Å². The van der Waals surface area contributed by atoms with Crippen molar-refractivity contribution >= 4 is 11.4 Å². The van der Waals surface area contributed by atoms with Crippen LogP contribution in [-0.2, 0) is 0 Å². The minimum absolute atomic E-state index is 0.896. The van der Waals surface area contributed by atoms with Gasteiger partial charge in [0.2, 0.25) is 0 Å². The molecule has 2 aromatic carbocycles. The lowest BCUT2D eigenvalue weighted by Gasteiger charge is -2.28. The van der Waals surface area contributed by atoms with Gasteiger partial charge in [0, 0.05) is 38.6 Å². The van der Waals surface area contributed by atoms with Crippen molar-refractivity contribution < 1.29 is 0 Å². The molecule has 0 heterocycles. The molecular weight excluding hydrogens is 304 g/mol. The lowest BCUT2D eigenvalue weighted by atomic mass is 10.0. The first-order chi connectivity index (χ1) is 11.8. The Kier molecular flexibility index (Phi) is 6.08. The number of likely N-dealkylation sites (N-methyl/N-ethyl adjacent to an activating group) is 2. The minimum Gasteiger partial charge on any atom is -0.373 e. The summed E-state index contributed by atoms with van der Waals surface area (Å²) in [6.07, 6.45) is 0. The van der Waals surface area contributed by atoms with E-state index in [0.29, 0.717) is 0 Å². The van der Waals surface area contributed by atoms with Gasteiger partial charge in [-0.1, -0.05) is 49.1 Å². The fourth-order valence-electron chi connectivity index (χ4n) is 2.76. The second kappa shape index (κ2) is 8.06. The zero-order chi connectivity index (χ0) is 18.6. The average Bonchev–Trinajstić information content (AvgIpc) is 2.60. The predicted molar refractivity (Wildman–Crippen MR) is 110 cm³/mol. The monoisotopic (exact) mass is 334 g/mol. The standard InChI is InChI=1S/C23H30N2/c1-17-9-8-10-22(15-17)20(4)24(6)13-14-25(7)21(5)23-12-11-18(2)19(3)16-23/h8-12,15-16H,4-5,13-14H2,1-3,6-7H3. The Bertz CT molecular complexity index is 773. The number of rotatable bonds is 7. The number of hydrogen-bond donors (Lipinski definition) is 0. The first-order valence-corrected chi connectivity index (χ1v) is 8.74. The van der Waals surface area contributed by atoms with Gasteiger partial charge in [0.15, 0.2) is 0 Å². The first kappa shape index (κ1) is 18.9. The SMILES string of the molecule is C=C(c1cccc(C)c1)N(C)CCN(C)C(=C)c1ccc(C)c(C)c1. The highest BCUT2D eigenvalue weighted by molar-refractivity contribution is 5.63. The third-order valence-corrected chi connectivity index (χ3v) is 4.88. The smallest absolute Gasteiger partial charge is 0.0364 e. The Labute approximate surface area is 153 Å². The summed E-state index contributed by atoms with van der Waals surface area (Å²) in [6.45, 7) is 16.7. The summed E-state index contributed by atoms with van der Waals surface area (Å²) in [4.78, 5) is 4.42. The summed E-state index contributed by atoms with van der Waals surface area (Å²) in [5, 5.41) is 0. The Balaban J connectivity index is 1.96. The minimum atomic E-state index is 0.896. The molecule has 2 nitrogen and oxygen atoms in total. The van der Waals surface area contributed by atoms with Crippen molar-refractivity contribution in [2.45, 2.75) is 20.8 Å². The Hall–Kier alpha value is -2.48. The summed E-state index contributed by atoms with van der Waals surface area (Å²) in [6, 6.07) is 15.0. The van der Waals surface area contributed by atoms with E-state index in [1.54, 1.807) is 0 Å². The topological polar surface area (TPSA) is 6.48 Å². The van der Waals surface area contributed by atoms with Gasteiger partial charge < -0.3 is 9.80 Å². The molecule has 0 aromatic heterocycles. The van der Waals surface area contributed by atoms with Crippen LogP contribution in [0.4, 0.5) is 0 Å². The Morgan fingerprint density at radius 1 is 0.760 bits per heavy atom. The summed E-state index contributed by atoms with van der Waals surface area (Å²) in [5.41, 5.74) is 8.34. The van der Waals surface area contributed by atoms with E-state index in [0.717, 1.165) is 24.5 Å². The van der Waals surface area contributed by atoms with E-state index in [-0.39, 0.29) is 0 Å². The van der Waals surface area contributed by atoms with E-state index >= 15 is 0 Å². The molecule has 0 amide bonds. The van der Waals surface area contributed by atoms with Gasteiger partial charge in [-0.3, -0.25) is 0 Å². The van der Waals surface area contributed by atoms with Crippen molar-refractivity contribution in [2.24, 2.45) is 0 Å². The summed E-state index contributed by atoms with van der Waals surface area (Å²) < 4.78 is 0. The molecule has 25 heavy (non-hydrogen) atoms.